The normalized spacial score (nSPS) is 11.3. The van der Waals surface area contributed by atoms with Crippen LogP contribution >= 0.6 is 8.25 Å². The quantitative estimate of drug-likeness (QED) is 0.569. The highest BCUT2D eigenvalue weighted by atomic mass is 31.1. The molecule has 0 aromatic carbocycles. The zero-order valence-electron chi connectivity index (χ0n) is 9.39. The van der Waals surface area contributed by atoms with Crippen LogP contribution in [0.4, 0.5) is 0 Å². The summed E-state index contributed by atoms with van der Waals surface area (Å²) in [7, 11) is 5.79. The van der Waals surface area contributed by atoms with Crippen molar-refractivity contribution < 1.29 is 13.6 Å². The molecule has 14 heavy (non-hydrogen) atoms. The molecule has 0 N–H and O–H groups in total. The number of likely N-dealkylation sites (N-methyl/N-ethyl adjacent to an activating group) is 2. The smallest absolute Gasteiger partial charge is 0.307 e. The van der Waals surface area contributed by atoms with Crippen LogP contribution in [-0.4, -0.2) is 64.3 Å². The molecule has 0 saturated carbocycles. The van der Waals surface area contributed by atoms with Crippen molar-refractivity contribution in [3.8, 4) is 0 Å². The van der Waals surface area contributed by atoms with Crippen molar-refractivity contribution >= 4 is 8.25 Å². The molecule has 0 rings (SSSR count). The molecule has 0 aromatic rings. The van der Waals surface area contributed by atoms with Gasteiger partial charge >= 0.3 is 8.25 Å². The van der Waals surface area contributed by atoms with Gasteiger partial charge in [-0.2, -0.15) is 0 Å². The second kappa shape index (κ2) is 8.26. The minimum absolute atomic E-state index is 0.435. The molecule has 0 spiro atoms. The molecule has 0 atom stereocenters. The van der Waals surface area contributed by atoms with Crippen LogP contribution in [-0.2, 0) is 13.6 Å². The first kappa shape index (κ1) is 13.9. The van der Waals surface area contributed by atoms with E-state index >= 15 is 0 Å². The number of nitrogens with zero attached hydrogens (tertiary/aromatic N) is 2. The summed E-state index contributed by atoms with van der Waals surface area (Å²) in [4.78, 5) is 3.92. The zero-order chi connectivity index (χ0) is 11.0. The largest absolute Gasteiger partial charge is 0.697 e. The summed E-state index contributed by atoms with van der Waals surface area (Å²) in [6.45, 7) is 2.37. The molecule has 0 bridgehead atoms. The van der Waals surface area contributed by atoms with E-state index in [1.807, 2.05) is 38.0 Å². The Kier molecular flexibility index (Phi) is 8.23. The number of hydrogen-bond donors (Lipinski definition) is 0. The fourth-order valence-corrected chi connectivity index (χ4v) is 1.17. The maximum atomic E-state index is 11.1. The van der Waals surface area contributed by atoms with Crippen LogP contribution in [0.5, 0.6) is 0 Å². The van der Waals surface area contributed by atoms with Crippen LogP contribution in [0.25, 0.3) is 0 Å². The number of hydrogen-bond acceptors (Lipinski definition) is 5. The lowest BCUT2D eigenvalue weighted by molar-refractivity contribution is 0.195. The maximum absolute atomic E-state index is 11.1. The van der Waals surface area contributed by atoms with E-state index in [2.05, 4.69) is 0 Å². The molecule has 0 aliphatic carbocycles. The van der Waals surface area contributed by atoms with Gasteiger partial charge in [0, 0.05) is 17.7 Å². The van der Waals surface area contributed by atoms with Crippen molar-refractivity contribution in [1.29, 1.82) is 0 Å². The van der Waals surface area contributed by atoms with Gasteiger partial charge < -0.3 is 9.80 Å². The van der Waals surface area contributed by atoms with Gasteiger partial charge in [-0.1, -0.05) is 0 Å². The zero-order valence-corrected chi connectivity index (χ0v) is 10.3. The van der Waals surface area contributed by atoms with Gasteiger partial charge in [0.25, 0.3) is 0 Å². The lowest BCUT2D eigenvalue weighted by Gasteiger charge is -2.05. The molecular weight excluding hydrogens is 203 g/mol. The average molecular weight is 223 g/mol. The summed E-state index contributed by atoms with van der Waals surface area (Å²) in [5.41, 5.74) is 0. The van der Waals surface area contributed by atoms with E-state index in [0.717, 1.165) is 13.1 Å². The van der Waals surface area contributed by atoms with E-state index in [-0.39, 0.29) is 0 Å². The van der Waals surface area contributed by atoms with Crippen molar-refractivity contribution in [2.75, 3.05) is 54.5 Å². The molecule has 0 unspecified atom stereocenters. The standard InChI is InChI=1S/C8H20N2O3P/c1-9(2)5-7-12-14(11)13-8-6-10(3)4/h5-8H2,1-4H3/q+1. The lowest BCUT2D eigenvalue weighted by Crippen LogP contribution is -2.18. The maximum Gasteiger partial charge on any atom is 0.697 e. The Morgan fingerprint density at radius 3 is 1.57 bits per heavy atom. The molecular formula is C8H20N2O3P+. The fourth-order valence-electron chi connectivity index (χ4n) is 0.633. The Bertz CT molecular complexity index is 149. The Balaban J connectivity index is 3.28. The Labute approximate surface area is 86.9 Å². The third-order valence-corrected chi connectivity index (χ3v) is 2.26. The third-order valence-electron chi connectivity index (χ3n) is 1.47. The van der Waals surface area contributed by atoms with Gasteiger partial charge in [0.05, 0.1) is 0 Å². The van der Waals surface area contributed by atoms with Crippen molar-refractivity contribution in [2.24, 2.45) is 0 Å². The van der Waals surface area contributed by atoms with Gasteiger partial charge in [0.1, 0.15) is 13.2 Å². The van der Waals surface area contributed by atoms with Crippen LogP contribution in [0.2, 0.25) is 0 Å². The first-order valence-corrected chi connectivity index (χ1v) is 5.64. The van der Waals surface area contributed by atoms with Crippen molar-refractivity contribution in [3.63, 3.8) is 0 Å². The van der Waals surface area contributed by atoms with Crippen molar-refractivity contribution in [1.82, 2.24) is 9.80 Å². The lowest BCUT2D eigenvalue weighted by atomic mass is 10.6. The van der Waals surface area contributed by atoms with E-state index in [9.17, 15) is 4.57 Å². The van der Waals surface area contributed by atoms with Gasteiger partial charge in [-0.3, -0.25) is 0 Å². The molecule has 0 saturated heterocycles. The second-order valence-electron chi connectivity index (χ2n) is 3.50. The van der Waals surface area contributed by atoms with E-state index in [1.54, 1.807) is 0 Å². The molecule has 5 nitrogen and oxygen atoms in total. The number of rotatable bonds is 8. The highest BCUT2D eigenvalue weighted by Gasteiger charge is 2.19. The van der Waals surface area contributed by atoms with E-state index in [4.69, 9.17) is 9.05 Å². The van der Waals surface area contributed by atoms with Gasteiger partial charge in [-0.05, 0) is 28.2 Å². The van der Waals surface area contributed by atoms with Crippen LogP contribution in [0.1, 0.15) is 0 Å². The molecule has 0 radical (unpaired) electrons. The molecule has 84 valence electrons. The Hall–Kier alpha value is -0.0600. The van der Waals surface area contributed by atoms with E-state index < -0.39 is 8.25 Å². The Morgan fingerprint density at radius 2 is 1.29 bits per heavy atom. The highest BCUT2D eigenvalue weighted by Crippen LogP contribution is 2.22. The third kappa shape index (κ3) is 10.0. The first-order chi connectivity index (χ1) is 6.52. The Morgan fingerprint density at radius 1 is 0.929 bits per heavy atom. The summed E-state index contributed by atoms with van der Waals surface area (Å²) in [6.07, 6.45) is 0. The molecule has 0 amide bonds. The monoisotopic (exact) mass is 223 g/mol. The minimum Gasteiger partial charge on any atom is -0.307 e. The van der Waals surface area contributed by atoms with Crippen molar-refractivity contribution in [3.05, 3.63) is 0 Å². The van der Waals surface area contributed by atoms with Gasteiger partial charge in [-0.15, -0.1) is 9.05 Å². The molecule has 0 aromatic heterocycles. The predicted octanol–water partition coefficient (Wildman–Crippen LogP) is 0.800. The molecule has 0 fully saturated rings. The summed E-state index contributed by atoms with van der Waals surface area (Å²) >= 11 is 0. The highest BCUT2D eigenvalue weighted by molar-refractivity contribution is 7.33. The van der Waals surface area contributed by atoms with Crippen molar-refractivity contribution in [2.45, 2.75) is 0 Å². The van der Waals surface area contributed by atoms with Gasteiger partial charge in [0.15, 0.2) is 0 Å². The van der Waals surface area contributed by atoms with Crippen LogP contribution < -0.4 is 0 Å². The van der Waals surface area contributed by atoms with Crippen LogP contribution in [0.15, 0.2) is 0 Å². The van der Waals surface area contributed by atoms with Crippen LogP contribution in [0.3, 0.4) is 0 Å². The van der Waals surface area contributed by atoms with Gasteiger partial charge in [0.2, 0.25) is 0 Å². The van der Waals surface area contributed by atoms with Crippen LogP contribution in [0, 0.1) is 0 Å². The average Bonchev–Trinajstić information content (AvgIpc) is 2.02. The molecule has 6 heteroatoms. The molecule has 0 heterocycles. The van der Waals surface area contributed by atoms with Gasteiger partial charge in [-0.25, -0.2) is 0 Å². The summed E-state index contributed by atoms with van der Waals surface area (Å²) in [6, 6.07) is 0. The van der Waals surface area contributed by atoms with E-state index in [0.29, 0.717) is 13.2 Å². The minimum atomic E-state index is -1.95. The van der Waals surface area contributed by atoms with E-state index in [1.165, 1.54) is 0 Å². The second-order valence-corrected chi connectivity index (χ2v) is 4.46. The summed E-state index contributed by atoms with van der Waals surface area (Å²) in [5.74, 6) is 0. The molecule has 0 aliphatic rings. The molecule has 0 aliphatic heterocycles. The summed E-state index contributed by atoms with van der Waals surface area (Å²) < 4.78 is 21.0. The predicted molar refractivity (Wildman–Crippen MR) is 56.6 cm³/mol. The topological polar surface area (TPSA) is 42.0 Å². The first-order valence-electron chi connectivity index (χ1n) is 4.55. The summed E-state index contributed by atoms with van der Waals surface area (Å²) in [5, 5.41) is 0. The SMILES string of the molecule is CN(C)CCO[P+](=O)OCCN(C)C. The fraction of sp³-hybridized carbons (Fsp3) is 1.00.